The van der Waals surface area contributed by atoms with Gasteiger partial charge in [-0.15, -0.1) is 0 Å². The first-order chi connectivity index (χ1) is 15.8. The molecule has 2 heterocycles. The number of halogens is 2. The molecule has 2 aliphatic heterocycles. The maximum atomic E-state index is 15.3. The number of fused-ring (bicyclic) bond motifs is 1. The lowest BCUT2D eigenvalue weighted by Gasteiger charge is -2.36. The Balaban J connectivity index is 2.34. The van der Waals surface area contributed by atoms with Crippen molar-refractivity contribution in [3.8, 4) is 0 Å². The number of carbonyl (C=O) groups is 3. The van der Waals surface area contributed by atoms with E-state index < -0.39 is 59.3 Å². The van der Waals surface area contributed by atoms with Crippen molar-refractivity contribution in [3.63, 3.8) is 0 Å². The van der Waals surface area contributed by atoms with Gasteiger partial charge in [0.25, 0.3) is 5.92 Å². The van der Waals surface area contributed by atoms with Crippen molar-refractivity contribution in [2.45, 2.75) is 91.0 Å². The van der Waals surface area contributed by atoms with E-state index in [9.17, 15) is 14.4 Å². The maximum absolute atomic E-state index is 15.3. The zero-order valence-corrected chi connectivity index (χ0v) is 22.0. The molecular formula is C24H39F2N3O6. The lowest BCUT2D eigenvalue weighted by Crippen LogP contribution is -2.53. The zero-order valence-electron chi connectivity index (χ0n) is 22.0. The van der Waals surface area contributed by atoms with Crippen molar-refractivity contribution in [3.05, 3.63) is 12.7 Å². The van der Waals surface area contributed by atoms with Crippen LogP contribution < -0.4 is 0 Å². The summed E-state index contributed by atoms with van der Waals surface area (Å²) in [4.78, 5) is 39.2. The zero-order chi connectivity index (χ0) is 27.0. The molecule has 0 aliphatic carbocycles. The standard InChI is InChI=1S/C24H39F2N3O6/c1-10-13-33-18(30)23(8,9)11-12-28-17-16(14-29(28)20(32)35-22(5,6)7)27(15-24(17,25)26)19(31)34-21(2,3)4/h10,16-17H,1,11-15H2,2-9H3. The summed E-state index contributed by atoms with van der Waals surface area (Å²) in [5.41, 5.74) is -2.75. The summed E-state index contributed by atoms with van der Waals surface area (Å²) in [7, 11) is 0. The lowest BCUT2D eigenvalue weighted by atomic mass is 9.89. The van der Waals surface area contributed by atoms with Crippen LogP contribution in [0.25, 0.3) is 0 Å². The summed E-state index contributed by atoms with van der Waals surface area (Å²) in [5.74, 6) is -3.84. The van der Waals surface area contributed by atoms with Crippen molar-refractivity contribution in [1.29, 1.82) is 0 Å². The molecule has 200 valence electrons. The molecule has 0 spiro atoms. The highest BCUT2D eigenvalue weighted by Crippen LogP contribution is 2.43. The van der Waals surface area contributed by atoms with E-state index in [1.54, 1.807) is 55.4 Å². The lowest BCUT2D eigenvalue weighted by molar-refractivity contribution is -0.154. The fraction of sp³-hybridized carbons (Fsp3) is 0.792. The van der Waals surface area contributed by atoms with E-state index in [0.29, 0.717) is 0 Å². The van der Waals surface area contributed by atoms with Gasteiger partial charge in [0.2, 0.25) is 0 Å². The fourth-order valence-electron chi connectivity index (χ4n) is 4.04. The van der Waals surface area contributed by atoms with E-state index >= 15 is 8.78 Å². The van der Waals surface area contributed by atoms with Gasteiger partial charge in [-0.1, -0.05) is 12.7 Å². The smallest absolute Gasteiger partial charge is 0.425 e. The highest BCUT2D eigenvalue weighted by Gasteiger charge is 2.64. The predicted molar refractivity (Wildman–Crippen MR) is 125 cm³/mol. The number of nitrogens with zero attached hydrogens (tertiary/aromatic N) is 3. The maximum Gasteiger partial charge on any atom is 0.425 e. The Hall–Kier alpha value is -2.43. The molecule has 0 N–H and O–H groups in total. The van der Waals surface area contributed by atoms with E-state index in [0.717, 1.165) is 9.91 Å². The molecule has 11 heteroatoms. The molecule has 0 aromatic rings. The van der Waals surface area contributed by atoms with Crippen molar-refractivity contribution in [2.24, 2.45) is 5.41 Å². The van der Waals surface area contributed by atoms with Gasteiger partial charge in [0.1, 0.15) is 23.9 Å². The molecule has 0 aromatic heterocycles. The average molecular weight is 504 g/mol. The van der Waals surface area contributed by atoms with Crippen molar-refractivity contribution >= 4 is 18.2 Å². The first-order valence-corrected chi connectivity index (χ1v) is 11.7. The normalized spacial score (nSPS) is 22.6. The third-order valence-corrected chi connectivity index (χ3v) is 5.65. The molecule has 2 amide bonds. The van der Waals surface area contributed by atoms with Gasteiger partial charge in [-0.2, -0.15) is 0 Å². The van der Waals surface area contributed by atoms with Gasteiger partial charge in [-0.3, -0.25) is 9.69 Å². The molecule has 9 nitrogen and oxygen atoms in total. The van der Waals surface area contributed by atoms with Crippen LogP contribution in [0.15, 0.2) is 12.7 Å². The molecule has 2 saturated heterocycles. The molecule has 2 aliphatic rings. The molecule has 0 saturated carbocycles. The van der Waals surface area contributed by atoms with E-state index in [-0.39, 0.29) is 26.1 Å². The molecule has 35 heavy (non-hydrogen) atoms. The van der Waals surface area contributed by atoms with Crippen LogP contribution in [0.5, 0.6) is 0 Å². The Labute approximate surface area is 206 Å². The summed E-state index contributed by atoms with van der Waals surface area (Å²) < 4.78 is 46.6. The van der Waals surface area contributed by atoms with Crippen molar-refractivity contribution < 1.29 is 37.4 Å². The molecule has 2 fully saturated rings. The minimum Gasteiger partial charge on any atom is -0.461 e. The van der Waals surface area contributed by atoms with E-state index in [2.05, 4.69) is 6.58 Å². The summed E-state index contributed by atoms with van der Waals surface area (Å²) in [6.45, 7) is 15.7. The van der Waals surface area contributed by atoms with E-state index in [1.807, 2.05) is 0 Å². The van der Waals surface area contributed by atoms with Gasteiger partial charge in [-0.05, 0) is 61.8 Å². The first-order valence-electron chi connectivity index (χ1n) is 11.7. The Morgan fingerprint density at radius 2 is 1.54 bits per heavy atom. The van der Waals surface area contributed by atoms with Gasteiger partial charge < -0.3 is 14.2 Å². The number of ether oxygens (including phenoxy) is 3. The van der Waals surface area contributed by atoms with Crippen LogP contribution in [0.2, 0.25) is 0 Å². The quantitative estimate of drug-likeness (QED) is 0.305. The number of likely N-dealkylation sites (tertiary alicyclic amines) is 1. The summed E-state index contributed by atoms with van der Waals surface area (Å²) >= 11 is 0. The van der Waals surface area contributed by atoms with Gasteiger partial charge in [0, 0.05) is 6.54 Å². The predicted octanol–water partition coefficient (Wildman–Crippen LogP) is 4.22. The highest BCUT2D eigenvalue weighted by atomic mass is 19.3. The van der Waals surface area contributed by atoms with Crippen molar-refractivity contribution in [1.82, 2.24) is 14.9 Å². The Morgan fingerprint density at radius 1 is 1.00 bits per heavy atom. The monoisotopic (exact) mass is 503 g/mol. The van der Waals surface area contributed by atoms with Crippen LogP contribution in [0.4, 0.5) is 18.4 Å². The Morgan fingerprint density at radius 3 is 2.06 bits per heavy atom. The van der Waals surface area contributed by atoms with E-state index in [1.165, 1.54) is 11.1 Å². The third kappa shape index (κ3) is 7.05. The Kier molecular flexibility index (Phi) is 8.15. The first kappa shape index (κ1) is 28.8. The SMILES string of the molecule is C=CCOC(=O)C(C)(C)CCN1C2C(CN1C(=O)OC(C)(C)C)N(C(=O)OC(C)(C)C)CC2(F)F. The number of amides is 2. The third-order valence-electron chi connectivity index (χ3n) is 5.65. The molecule has 0 radical (unpaired) electrons. The second-order valence-electron chi connectivity index (χ2n) is 11.6. The number of hydrogen-bond acceptors (Lipinski definition) is 7. The van der Waals surface area contributed by atoms with Gasteiger partial charge >= 0.3 is 18.2 Å². The second kappa shape index (κ2) is 9.91. The molecule has 2 atom stereocenters. The van der Waals surface area contributed by atoms with E-state index in [4.69, 9.17) is 14.2 Å². The number of rotatable bonds is 6. The van der Waals surface area contributed by atoms with Gasteiger partial charge in [0.15, 0.2) is 0 Å². The molecular weight excluding hydrogens is 464 g/mol. The summed E-state index contributed by atoms with van der Waals surface area (Å²) in [5, 5.41) is 2.34. The number of carbonyl (C=O) groups excluding carboxylic acids is 3. The van der Waals surface area contributed by atoms with Crippen LogP contribution >= 0.6 is 0 Å². The second-order valence-corrected chi connectivity index (χ2v) is 11.6. The van der Waals surface area contributed by atoms with Crippen molar-refractivity contribution in [2.75, 3.05) is 26.2 Å². The van der Waals surface area contributed by atoms with Crippen LogP contribution in [-0.4, -0.2) is 88.5 Å². The topological polar surface area (TPSA) is 88.6 Å². The minimum atomic E-state index is -3.33. The molecule has 0 aromatic carbocycles. The van der Waals surface area contributed by atoms with Crippen LogP contribution in [-0.2, 0) is 19.0 Å². The number of alkyl halides is 2. The summed E-state index contributed by atoms with van der Waals surface area (Å²) in [6.07, 6.45) is -0.121. The minimum absolute atomic E-state index is 0.0314. The fourth-order valence-corrected chi connectivity index (χ4v) is 4.04. The Bertz CT molecular complexity index is 834. The molecule has 2 rings (SSSR count). The number of hydrogen-bond donors (Lipinski definition) is 0. The van der Waals surface area contributed by atoms with Gasteiger partial charge in [-0.25, -0.2) is 28.4 Å². The van der Waals surface area contributed by atoms with Crippen LogP contribution in [0.3, 0.4) is 0 Å². The average Bonchev–Trinajstić information content (AvgIpc) is 3.17. The molecule has 0 bridgehead atoms. The van der Waals surface area contributed by atoms with Gasteiger partial charge in [0.05, 0.1) is 24.5 Å². The highest BCUT2D eigenvalue weighted by molar-refractivity contribution is 5.76. The number of hydrazine groups is 1. The van der Waals surface area contributed by atoms with Crippen LogP contribution in [0.1, 0.15) is 61.8 Å². The largest absolute Gasteiger partial charge is 0.461 e. The number of esters is 1. The summed E-state index contributed by atoms with van der Waals surface area (Å²) in [6, 6.07) is -2.49. The van der Waals surface area contributed by atoms with Crippen LogP contribution in [0, 0.1) is 5.41 Å². The molecule has 2 unspecified atom stereocenters.